The molecule has 1 aromatic heterocycles. The van der Waals surface area contributed by atoms with Crippen LogP contribution in [0.2, 0.25) is 0 Å². The first kappa shape index (κ1) is 16.6. The predicted molar refractivity (Wildman–Crippen MR) is 86.4 cm³/mol. The molecule has 0 aliphatic rings. The second-order valence-electron chi connectivity index (χ2n) is 5.59. The van der Waals surface area contributed by atoms with E-state index in [1.54, 1.807) is 0 Å². The zero-order valence-electron chi connectivity index (χ0n) is 13.5. The van der Waals surface area contributed by atoms with Crippen LogP contribution in [-0.2, 0) is 6.54 Å². The minimum atomic E-state index is 0.144. The number of rotatable bonds is 9. The summed E-state index contributed by atoms with van der Waals surface area (Å²) in [4.78, 5) is 6.63. The summed E-state index contributed by atoms with van der Waals surface area (Å²) in [5.74, 6) is 1.22. The molecule has 0 aliphatic carbocycles. The van der Waals surface area contributed by atoms with Gasteiger partial charge in [-0.05, 0) is 26.0 Å². The van der Waals surface area contributed by atoms with Gasteiger partial charge in [0, 0.05) is 12.1 Å². The Bertz CT molecular complexity index is 569. The minimum Gasteiger partial charge on any atom is -0.395 e. The molecule has 0 amide bonds. The highest BCUT2D eigenvalue weighted by Gasteiger charge is 2.12. The summed E-state index contributed by atoms with van der Waals surface area (Å²) in [7, 11) is 0. The van der Waals surface area contributed by atoms with Crippen LogP contribution in [0.25, 0.3) is 11.4 Å². The number of aliphatic hydroxyl groups is 1. The predicted octanol–water partition coefficient (Wildman–Crippen LogP) is 3.03. The molecule has 5 nitrogen and oxygen atoms in total. The van der Waals surface area contributed by atoms with Gasteiger partial charge < -0.3 is 9.63 Å². The zero-order valence-corrected chi connectivity index (χ0v) is 13.5. The molecular weight excluding hydrogens is 278 g/mol. The highest BCUT2D eigenvalue weighted by molar-refractivity contribution is 5.55. The lowest BCUT2D eigenvalue weighted by Crippen LogP contribution is -2.27. The second kappa shape index (κ2) is 8.66. The Hall–Kier alpha value is -1.72. The van der Waals surface area contributed by atoms with Crippen molar-refractivity contribution in [2.75, 3.05) is 19.7 Å². The van der Waals surface area contributed by atoms with Crippen molar-refractivity contribution in [2.45, 2.75) is 39.7 Å². The van der Waals surface area contributed by atoms with Crippen molar-refractivity contribution in [3.05, 3.63) is 35.7 Å². The van der Waals surface area contributed by atoms with Crippen LogP contribution in [0.1, 0.15) is 37.6 Å². The molecule has 1 heterocycles. The minimum absolute atomic E-state index is 0.144. The van der Waals surface area contributed by atoms with Crippen molar-refractivity contribution in [1.82, 2.24) is 15.0 Å². The van der Waals surface area contributed by atoms with Crippen molar-refractivity contribution in [3.63, 3.8) is 0 Å². The molecule has 1 aromatic carbocycles. The normalized spacial score (nSPS) is 11.3. The van der Waals surface area contributed by atoms with Gasteiger partial charge in [-0.25, -0.2) is 0 Å². The van der Waals surface area contributed by atoms with E-state index in [4.69, 9.17) is 4.52 Å². The molecule has 0 aliphatic heterocycles. The van der Waals surface area contributed by atoms with Gasteiger partial charge >= 0.3 is 0 Å². The molecule has 0 fully saturated rings. The number of hydrogen-bond donors (Lipinski definition) is 1. The maximum Gasteiger partial charge on any atom is 0.241 e. The summed E-state index contributed by atoms with van der Waals surface area (Å²) in [6.45, 7) is 6.53. The molecule has 120 valence electrons. The number of aryl methyl sites for hydroxylation is 1. The third-order valence-electron chi connectivity index (χ3n) is 3.60. The van der Waals surface area contributed by atoms with E-state index in [-0.39, 0.29) is 6.61 Å². The molecule has 0 spiro atoms. The number of benzene rings is 1. The molecule has 0 saturated carbocycles. The Morgan fingerprint density at radius 3 is 2.82 bits per heavy atom. The van der Waals surface area contributed by atoms with Gasteiger partial charge in [0.25, 0.3) is 0 Å². The van der Waals surface area contributed by atoms with Gasteiger partial charge in [-0.15, -0.1) is 0 Å². The van der Waals surface area contributed by atoms with E-state index in [1.807, 2.05) is 31.2 Å². The summed E-state index contributed by atoms with van der Waals surface area (Å²) in [5, 5.41) is 13.2. The van der Waals surface area contributed by atoms with E-state index < -0.39 is 0 Å². The average Bonchev–Trinajstić information content (AvgIpc) is 2.96. The van der Waals surface area contributed by atoms with Gasteiger partial charge in [-0.3, -0.25) is 4.90 Å². The molecule has 0 radical (unpaired) electrons. The third-order valence-corrected chi connectivity index (χ3v) is 3.60. The molecule has 0 bridgehead atoms. The van der Waals surface area contributed by atoms with Crippen LogP contribution in [0, 0.1) is 6.92 Å². The van der Waals surface area contributed by atoms with E-state index in [2.05, 4.69) is 22.0 Å². The summed E-state index contributed by atoms with van der Waals surface area (Å²) in [5.41, 5.74) is 2.14. The van der Waals surface area contributed by atoms with E-state index in [1.165, 1.54) is 18.4 Å². The quantitative estimate of drug-likeness (QED) is 0.721. The van der Waals surface area contributed by atoms with Crippen LogP contribution in [0.3, 0.4) is 0 Å². The second-order valence-corrected chi connectivity index (χ2v) is 5.59. The Kier molecular flexibility index (Phi) is 6.55. The summed E-state index contributed by atoms with van der Waals surface area (Å²) >= 11 is 0. The van der Waals surface area contributed by atoms with Gasteiger partial charge in [0.2, 0.25) is 11.7 Å². The average molecular weight is 303 g/mol. The van der Waals surface area contributed by atoms with Crippen molar-refractivity contribution in [2.24, 2.45) is 0 Å². The molecule has 22 heavy (non-hydrogen) atoms. The van der Waals surface area contributed by atoms with Gasteiger partial charge in [0.05, 0.1) is 13.2 Å². The highest BCUT2D eigenvalue weighted by Crippen LogP contribution is 2.17. The fraction of sp³-hybridized carbons (Fsp3) is 0.529. The smallest absolute Gasteiger partial charge is 0.241 e. The first-order valence-corrected chi connectivity index (χ1v) is 7.95. The number of aromatic nitrogens is 2. The van der Waals surface area contributed by atoms with Crippen LogP contribution < -0.4 is 0 Å². The van der Waals surface area contributed by atoms with Gasteiger partial charge in [0.15, 0.2) is 0 Å². The Morgan fingerprint density at radius 2 is 2.09 bits per heavy atom. The van der Waals surface area contributed by atoms with Crippen molar-refractivity contribution in [3.8, 4) is 11.4 Å². The monoisotopic (exact) mass is 303 g/mol. The van der Waals surface area contributed by atoms with Crippen molar-refractivity contribution < 1.29 is 9.63 Å². The number of aliphatic hydroxyl groups excluding tert-OH is 1. The first-order valence-electron chi connectivity index (χ1n) is 7.95. The molecular formula is C17H25N3O2. The van der Waals surface area contributed by atoms with E-state index in [0.717, 1.165) is 18.5 Å². The van der Waals surface area contributed by atoms with Crippen LogP contribution in [-0.4, -0.2) is 39.8 Å². The lowest BCUT2D eigenvalue weighted by molar-refractivity contribution is 0.171. The van der Waals surface area contributed by atoms with Gasteiger partial charge in [0.1, 0.15) is 0 Å². The summed E-state index contributed by atoms with van der Waals surface area (Å²) < 4.78 is 5.36. The van der Waals surface area contributed by atoms with Crippen LogP contribution in [0.5, 0.6) is 0 Å². The van der Waals surface area contributed by atoms with E-state index >= 15 is 0 Å². The Morgan fingerprint density at radius 1 is 1.23 bits per heavy atom. The standard InChI is InChI=1S/C17H25N3O2/c1-3-4-5-9-20(10-11-21)13-16-18-17(19-22-16)15-8-6-7-14(2)12-15/h6-8,12,21H,3-5,9-11,13H2,1-2H3. The Balaban J connectivity index is 2.00. The molecule has 5 heteroatoms. The maximum atomic E-state index is 9.18. The molecule has 2 aromatic rings. The lowest BCUT2D eigenvalue weighted by Gasteiger charge is -2.18. The molecule has 0 atom stereocenters. The van der Waals surface area contributed by atoms with Crippen molar-refractivity contribution >= 4 is 0 Å². The third kappa shape index (κ3) is 4.93. The molecule has 0 unspecified atom stereocenters. The number of hydrogen-bond acceptors (Lipinski definition) is 5. The van der Waals surface area contributed by atoms with Gasteiger partial charge in [-0.1, -0.05) is 48.7 Å². The summed E-state index contributed by atoms with van der Waals surface area (Å²) in [6.07, 6.45) is 3.50. The largest absolute Gasteiger partial charge is 0.395 e. The van der Waals surface area contributed by atoms with Crippen LogP contribution in [0.15, 0.2) is 28.8 Å². The highest BCUT2D eigenvalue weighted by atomic mass is 16.5. The number of unbranched alkanes of at least 4 members (excludes halogenated alkanes) is 2. The first-order chi connectivity index (χ1) is 10.7. The van der Waals surface area contributed by atoms with Crippen LogP contribution in [0.4, 0.5) is 0 Å². The van der Waals surface area contributed by atoms with Gasteiger partial charge in [-0.2, -0.15) is 4.98 Å². The zero-order chi connectivity index (χ0) is 15.8. The van der Waals surface area contributed by atoms with E-state index in [9.17, 15) is 5.11 Å². The fourth-order valence-corrected chi connectivity index (χ4v) is 2.41. The Labute approximate surface area is 132 Å². The summed E-state index contributed by atoms with van der Waals surface area (Å²) in [6, 6.07) is 8.06. The number of nitrogens with zero attached hydrogens (tertiary/aromatic N) is 3. The maximum absolute atomic E-state index is 9.18. The molecule has 1 N–H and O–H groups in total. The molecule has 2 rings (SSSR count). The van der Waals surface area contributed by atoms with Crippen molar-refractivity contribution in [1.29, 1.82) is 0 Å². The fourth-order valence-electron chi connectivity index (χ4n) is 2.41. The SMILES string of the molecule is CCCCCN(CCO)Cc1nc(-c2cccc(C)c2)no1. The molecule has 0 saturated heterocycles. The van der Waals surface area contributed by atoms with E-state index in [0.29, 0.717) is 24.8 Å². The lowest BCUT2D eigenvalue weighted by atomic mass is 10.1. The topological polar surface area (TPSA) is 62.4 Å². The van der Waals surface area contributed by atoms with Crippen LogP contribution >= 0.6 is 0 Å².